The number of nitrogens with two attached hydrogens (primary N) is 1. The van der Waals surface area contributed by atoms with E-state index in [9.17, 15) is 14.0 Å². The zero-order valence-corrected chi connectivity index (χ0v) is 11.3. The molecule has 2 amide bonds. The Hall–Kier alpha value is -2.39. The Bertz CT molecular complexity index is 634. The molecule has 0 bridgehead atoms. The lowest BCUT2D eigenvalue weighted by Gasteiger charge is -2.16. The number of halogens is 1. The molecule has 1 aliphatic heterocycles. The van der Waals surface area contributed by atoms with Crippen molar-refractivity contribution < 1.29 is 19.1 Å². The van der Waals surface area contributed by atoms with Crippen LogP contribution in [0, 0.1) is 23.6 Å². The van der Waals surface area contributed by atoms with Gasteiger partial charge in [-0.05, 0) is 24.6 Å². The highest BCUT2D eigenvalue weighted by atomic mass is 19.1. The summed E-state index contributed by atoms with van der Waals surface area (Å²) in [4.78, 5) is 24.8. The van der Waals surface area contributed by atoms with Crippen LogP contribution < -0.4 is 5.73 Å². The molecule has 1 unspecified atom stereocenters. The maximum Gasteiger partial charge on any atom is 0.253 e. The summed E-state index contributed by atoms with van der Waals surface area (Å²) in [6, 6.07) is 3.98. The van der Waals surface area contributed by atoms with Crippen molar-refractivity contribution in [2.24, 2.45) is 11.7 Å². The van der Waals surface area contributed by atoms with Crippen molar-refractivity contribution in [2.45, 2.75) is 6.42 Å². The van der Waals surface area contributed by atoms with Crippen LogP contribution in [0.2, 0.25) is 0 Å². The van der Waals surface area contributed by atoms with E-state index < -0.39 is 11.7 Å². The molecule has 0 aromatic heterocycles. The molecule has 1 saturated heterocycles. The molecule has 0 saturated carbocycles. The van der Waals surface area contributed by atoms with E-state index in [1.54, 1.807) is 0 Å². The predicted molar refractivity (Wildman–Crippen MR) is 73.6 cm³/mol. The van der Waals surface area contributed by atoms with Gasteiger partial charge in [-0.2, -0.15) is 0 Å². The molecule has 0 aliphatic carbocycles. The Labute approximate surface area is 121 Å². The molecule has 2 rings (SSSR count). The van der Waals surface area contributed by atoms with E-state index in [0.29, 0.717) is 13.0 Å². The van der Waals surface area contributed by atoms with E-state index in [-0.39, 0.29) is 36.1 Å². The number of aliphatic hydroxyl groups excluding tert-OH is 1. The molecular weight excluding hydrogens is 275 g/mol. The van der Waals surface area contributed by atoms with Crippen LogP contribution in [0.4, 0.5) is 4.39 Å². The molecule has 6 heteroatoms. The fourth-order valence-corrected chi connectivity index (χ4v) is 2.24. The smallest absolute Gasteiger partial charge is 0.253 e. The predicted octanol–water partition coefficient (Wildman–Crippen LogP) is 0.117. The molecule has 1 aliphatic rings. The Morgan fingerprint density at radius 3 is 2.81 bits per heavy atom. The van der Waals surface area contributed by atoms with Crippen LogP contribution in [-0.2, 0) is 4.79 Å². The number of amides is 2. The lowest BCUT2D eigenvalue weighted by molar-refractivity contribution is -0.121. The lowest BCUT2D eigenvalue weighted by atomic mass is 10.1. The van der Waals surface area contributed by atoms with E-state index in [2.05, 4.69) is 11.8 Å². The van der Waals surface area contributed by atoms with Crippen molar-refractivity contribution >= 4 is 11.8 Å². The number of hydrogen-bond acceptors (Lipinski definition) is 3. The van der Waals surface area contributed by atoms with Gasteiger partial charge in [0, 0.05) is 18.7 Å². The molecule has 1 aromatic rings. The van der Waals surface area contributed by atoms with Gasteiger partial charge in [0.25, 0.3) is 5.91 Å². The third-order valence-electron chi connectivity index (χ3n) is 3.40. The van der Waals surface area contributed by atoms with Crippen LogP contribution in [0.3, 0.4) is 0 Å². The van der Waals surface area contributed by atoms with Gasteiger partial charge in [-0.1, -0.05) is 11.8 Å². The summed E-state index contributed by atoms with van der Waals surface area (Å²) in [5, 5.41) is 8.58. The maximum atomic E-state index is 13.8. The van der Waals surface area contributed by atoms with E-state index >= 15 is 0 Å². The fraction of sp³-hybridized carbons (Fsp3) is 0.333. The summed E-state index contributed by atoms with van der Waals surface area (Å²) in [6.07, 6.45) is 0.531. The number of benzene rings is 1. The maximum absolute atomic E-state index is 13.8. The largest absolute Gasteiger partial charge is 0.384 e. The number of likely N-dealkylation sites (tertiary alicyclic amines) is 1. The quantitative estimate of drug-likeness (QED) is 0.759. The molecule has 110 valence electrons. The molecule has 0 radical (unpaired) electrons. The van der Waals surface area contributed by atoms with Gasteiger partial charge in [0.2, 0.25) is 5.91 Å². The van der Waals surface area contributed by atoms with Crippen molar-refractivity contribution in [1.29, 1.82) is 0 Å². The number of rotatable bonds is 2. The minimum absolute atomic E-state index is 0.122. The second-order valence-electron chi connectivity index (χ2n) is 4.79. The van der Waals surface area contributed by atoms with Crippen LogP contribution in [0.25, 0.3) is 0 Å². The average Bonchev–Trinajstić information content (AvgIpc) is 2.95. The number of carbonyl (C=O) groups excluding carboxylic acids is 2. The highest BCUT2D eigenvalue weighted by molar-refractivity contribution is 5.95. The highest BCUT2D eigenvalue weighted by Crippen LogP contribution is 2.19. The second-order valence-corrected chi connectivity index (χ2v) is 4.79. The Kier molecular flexibility index (Phi) is 4.55. The van der Waals surface area contributed by atoms with Crippen molar-refractivity contribution in [3.8, 4) is 11.8 Å². The zero-order chi connectivity index (χ0) is 15.4. The summed E-state index contributed by atoms with van der Waals surface area (Å²) in [5.41, 5.74) is 5.54. The van der Waals surface area contributed by atoms with E-state index in [0.717, 1.165) is 6.07 Å². The van der Waals surface area contributed by atoms with E-state index in [4.69, 9.17) is 10.8 Å². The second kappa shape index (κ2) is 6.37. The van der Waals surface area contributed by atoms with Gasteiger partial charge in [-0.3, -0.25) is 9.59 Å². The summed E-state index contributed by atoms with van der Waals surface area (Å²) in [5.74, 6) is 3.09. The summed E-state index contributed by atoms with van der Waals surface area (Å²) in [6.45, 7) is 0.338. The fourth-order valence-electron chi connectivity index (χ4n) is 2.24. The monoisotopic (exact) mass is 290 g/mol. The van der Waals surface area contributed by atoms with Gasteiger partial charge in [-0.15, -0.1) is 0 Å². The summed E-state index contributed by atoms with van der Waals surface area (Å²) < 4.78 is 13.8. The van der Waals surface area contributed by atoms with Gasteiger partial charge < -0.3 is 15.7 Å². The Morgan fingerprint density at radius 2 is 2.24 bits per heavy atom. The summed E-state index contributed by atoms with van der Waals surface area (Å²) in [7, 11) is 0. The van der Waals surface area contributed by atoms with Gasteiger partial charge in [0.1, 0.15) is 12.4 Å². The van der Waals surface area contributed by atoms with Gasteiger partial charge in [-0.25, -0.2) is 4.39 Å². The molecule has 0 spiro atoms. The van der Waals surface area contributed by atoms with E-state index in [1.165, 1.54) is 17.0 Å². The normalized spacial score (nSPS) is 17.2. The Morgan fingerprint density at radius 1 is 1.48 bits per heavy atom. The number of nitrogens with zero attached hydrogens (tertiary/aromatic N) is 1. The third-order valence-corrected chi connectivity index (χ3v) is 3.40. The van der Waals surface area contributed by atoms with Gasteiger partial charge >= 0.3 is 0 Å². The molecule has 5 nitrogen and oxygen atoms in total. The van der Waals surface area contributed by atoms with Crippen molar-refractivity contribution in [3.63, 3.8) is 0 Å². The van der Waals surface area contributed by atoms with Crippen LogP contribution in [-0.4, -0.2) is 41.5 Å². The SMILES string of the molecule is NC(=O)C1CCN(C(=O)c2ccc(C#CCO)c(F)c2)C1. The number of primary amides is 1. The minimum atomic E-state index is -0.618. The first-order valence-corrected chi connectivity index (χ1v) is 6.50. The van der Waals surface area contributed by atoms with Crippen molar-refractivity contribution in [3.05, 3.63) is 35.1 Å². The zero-order valence-electron chi connectivity index (χ0n) is 11.3. The van der Waals surface area contributed by atoms with Crippen LogP contribution in [0.5, 0.6) is 0 Å². The van der Waals surface area contributed by atoms with E-state index in [1.807, 2.05) is 0 Å². The van der Waals surface area contributed by atoms with Crippen LogP contribution in [0.1, 0.15) is 22.3 Å². The van der Waals surface area contributed by atoms with Gasteiger partial charge in [0.05, 0.1) is 11.5 Å². The minimum Gasteiger partial charge on any atom is -0.384 e. The summed E-state index contributed by atoms with van der Waals surface area (Å²) >= 11 is 0. The molecule has 1 fully saturated rings. The molecule has 1 heterocycles. The first kappa shape index (κ1) is 15.0. The molecular formula is C15H15FN2O3. The highest BCUT2D eigenvalue weighted by Gasteiger charge is 2.30. The number of carbonyl (C=O) groups is 2. The van der Waals surface area contributed by atoms with Crippen molar-refractivity contribution in [2.75, 3.05) is 19.7 Å². The first-order valence-electron chi connectivity index (χ1n) is 6.50. The Balaban J connectivity index is 2.14. The first-order chi connectivity index (χ1) is 10.0. The van der Waals surface area contributed by atoms with Crippen LogP contribution >= 0.6 is 0 Å². The number of hydrogen-bond donors (Lipinski definition) is 2. The van der Waals surface area contributed by atoms with Gasteiger partial charge in [0.15, 0.2) is 0 Å². The lowest BCUT2D eigenvalue weighted by Crippen LogP contribution is -2.31. The molecule has 3 N–H and O–H groups in total. The van der Waals surface area contributed by atoms with Crippen LogP contribution in [0.15, 0.2) is 18.2 Å². The molecule has 1 atom stereocenters. The third kappa shape index (κ3) is 3.38. The molecule has 1 aromatic carbocycles. The standard InChI is InChI=1S/C15H15FN2O3/c16-13-8-11(4-3-10(13)2-1-7-19)15(21)18-6-5-12(9-18)14(17)20/h3-4,8,12,19H,5-7,9H2,(H2,17,20). The topological polar surface area (TPSA) is 83.6 Å². The number of aliphatic hydroxyl groups is 1. The molecule has 21 heavy (non-hydrogen) atoms. The average molecular weight is 290 g/mol. The van der Waals surface area contributed by atoms with Crippen molar-refractivity contribution in [1.82, 2.24) is 4.90 Å².